The molecule has 0 aromatic carbocycles. The van der Waals surface area contributed by atoms with Crippen molar-refractivity contribution in [3.63, 3.8) is 0 Å². The first-order valence-corrected chi connectivity index (χ1v) is 12.3. The number of fused-ring (bicyclic) bond motifs is 5. The molecule has 0 saturated heterocycles. The number of carbonyl (C=O) groups is 1. The monoisotopic (exact) mass is 394 g/mol. The van der Waals surface area contributed by atoms with Gasteiger partial charge >= 0.3 is 0 Å². The van der Waals surface area contributed by atoms with Crippen molar-refractivity contribution < 1.29 is 4.79 Å². The largest absolute Gasteiger partial charge is 0.295 e. The second-order valence-electron chi connectivity index (χ2n) is 11.7. The molecule has 2 saturated carbocycles. The number of carbonyl (C=O) groups excluding carboxylic acids is 1. The van der Waals surface area contributed by atoms with Crippen molar-refractivity contribution in [3.05, 3.63) is 36.0 Å². The molecule has 0 radical (unpaired) electrons. The molecular weight excluding hydrogens is 352 g/mol. The van der Waals surface area contributed by atoms with Crippen LogP contribution in [0.3, 0.4) is 0 Å². The third-order valence-corrected chi connectivity index (χ3v) is 9.99. The minimum atomic E-state index is 0.227. The van der Waals surface area contributed by atoms with Crippen molar-refractivity contribution in [2.75, 3.05) is 0 Å². The molecule has 2 fully saturated rings. The summed E-state index contributed by atoms with van der Waals surface area (Å²) in [5.74, 6) is 5.46. The number of allylic oxidation sites excluding steroid dienone is 6. The quantitative estimate of drug-likeness (QED) is 0.454. The lowest BCUT2D eigenvalue weighted by molar-refractivity contribution is -0.116. The van der Waals surface area contributed by atoms with Crippen molar-refractivity contribution in [1.29, 1.82) is 0 Å². The first kappa shape index (κ1) is 21.1. The molecule has 4 aliphatic carbocycles. The Labute approximate surface area is 179 Å². The standard InChI is InChI=1S/C28H42O/c1-18(2)19(3)7-8-20(4)24-11-12-25-23-10-9-21-17-22(29)13-15-27(21,5)26(23)14-16-28(24,25)6/h7-10,17-20,23-26H,11-16H2,1-6H3/b8-7+/t19-,20+,23?,24+,25?,26?,27-,28+/m0/s1. The van der Waals surface area contributed by atoms with E-state index in [-0.39, 0.29) is 5.41 Å². The van der Waals surface area contributed by atoms with Gasteiger partial charge in [-0.3, -0.25) is 4.79 Å². The molecule has 0 aromatic heterocycles. The van der Waals surface area contributed by atoms with E-state index in [0.29, 0.717) is 29.0 Å². The lowest BCUT2D eigenvalue weighted by atomic mass is 9.48. The van der Waals surface area contributed by atoms with E-state index in [1.165, 1.54) is 31.3 Å². The predicted molar refractivity (Wildman–Crippen MR) is 122 cm³/mol. The summed E-state index contributed by atoms with van der Waals surface area (Å²) in [6.07, 6.45) is 19.1. The molecule has 0 heterocycles. The van der Waals surface area contributed by atoms with E-state index in [4.69, 9.17) is 0 Å². The molecule has 1 heteroatoms. The second-order valence-corrected chi connectivity index (χ2v) is 11.7. The Kier molecular flexibility index (Phi) is 5.50. The lowest BCUT2D eigenvalue weighted by Gasteiger charge is -2.56. The predicted octanol–water partition coefficient (Wildman–Crippen LogP) is 7.39. The van der Waals surface area contributed by atoms with Gasteiger partial charge in [-0.05, 0) is 96.0 Å². The molecule has 29 heavy (non-hydrogen) atoms. The van der Waals surface area contributed by atoms with Crippen LogP contribution in [-0.2, 0) is 4.79 Å². The highest BCUT2D eigenvalue weighted by molar-refractivity contribution is 5.92. The van der Waals surface area contributed by atoms with Gasteiger partial charge in [-0.2, -0.15) is 0 Å². The van der Waals surface area contributed by atoms with Crippen molar-refractivity contribution in [2.24, 2.45) is 52.3 Å². The Bertz CT molecular complexity index is 739. The van der Waals surface area contributed by atoms with Crippen molar-refractivity contribution >= 4 is 5.78 Å². The van der Waals surface area contributed by atoms with Crippen LogP contribution >= 0.6 is 0 Å². The summed E-state index contributed by atoms with van der Waals surface area (Å²) in [4.78, 5) is 12.0. The Balaban J connectivity index is 1.57. The Morgan fingerprint density at radius 3 is 2.48 bits per heavy atom. The fourth-order valence-electron chi connectivity index (χ4n) is 7.61. The molecule has 3 unspecified atom stereocenters. The molecule has 4 aliphatic rings. The maximum atomic E-state index is 12.0. The first-order chi connectivity index (χ1) is 13.7. The first-order valence-electron chi connectivity index (χ1n) is 12.3. The van der Waals surface area contributed by atoms with Gasteiger partial charge in [0.05, 0.1) is 0 Å². The van der Waals surface area contributed by atoms with Crippen molar-refractivity contribution in [1.82, 2.24) is 0 Å². The number of hydrogen-bond donors (Lipinski definition) is 0. The minimum Gasteiger partial charge on any atom is -0.295 e. The highest BCUT2D eigenvalue weighted by atomic mass is 16.1. The molecule has 0 spiro atoms. The third-order valence-electron chi connectivity index (χ3n) is 9.99. The van der Waals surface area contributed by atoms with Gasteiger partial charge < -0.3 is 0 Å². The normalized spacial score (nSPS) is 43.7. The molecule has 0 aromatic rings. The Morgan fingerprint density at radius 1 is 1.00 bits per heavy atom. The van der Waals surface area contributed by atoms with E-state index in [0.717, 1.165) is 36.5 Å². The number of rotatable bonds is 4. The molecule has 0 aliphatic heterocycles. The molecule has 0 amide bonds. The molecular formula is C28H42O. The Hall–Kier alpha value is -1.11. The summed E-state index contributed by atoms with van der Waals surface area (Å²) in [7, 11) is 0. The summed E-state index contributed by atoms with van der Waals surface area (Å²) in [6, 6.07) is 0. The van der Waals surface area contributed by atoms with Crippen LogP contribution in [0.5, 0.6) is 0 Å². The van der Waals surface area contributed by atoms with E-state index >= 15 is 0 Å². The molecule has 160 valence electrons. The topological polar surface area (TPSA) is 17.1 Å². The van der Waals surface area contributed by atoms with Crippen LogP contribution < -0.4 is 0 Å². The number of hydrogen-bond acceptors (Lipinski definition) is 1. The zero-order valence-corrected chi connectivity index (χ0v) is 19.6. The van der Waals surface area contributed by atoms with Crippen LogP contribution in [0.4, 0.5) is 0 Å². The second kappa shape index (κ2) is 7.54. The van der Waals surface area contributed by atoms with Gasteiger partial charge in [0.2, 0.25) is 0 Å². The highest BCUT2D eigenvalue weighted by Crippen LogP contribution is 2.66. The van der Waals surface area contributed by atoms with Crippen LogP contribution in [-0.4, -0.2) is 5.78 Å². The van der Waals surface area contributed by atoms with Gasteiger partial charge in [-0.1, -0.05) is 65.8 Å². The van der Waals surface area contributed by atoms with Gasteiger partial charge in [0.1, 0.15) is 0 Å². The maximum absolute atomic E-state index is 12.0. The summed E-state index contributed by atoms with van der Waals surface area (Å²) in [6.45, 7) is 14.6. The zero-order valence-electron chi connectivity index (χ0n) is 19.6. The molecule has 8 atom stereocenters. The molecule has 1 nitrogen and oxygen atoms in total. The van der Waals surface area contributed by atoms with Crippen LogP contribution in [0.1, 0.15) is 80.1 Å². The zero-order chi connectivity index (χ0) is 21.0. The fraction of sp³-hybridized carbons (Fsp3) is 0.750. The van der Waals surface area contributed by atoms with E-state index in [9.17, 15) is 4.79 Å². The van der Waals surface area contributed by atoms with Crippen LogP contribution in [0.25, 0.3) is 0 Å². The average Bonchev–Trinajstić information content (AvgIpc) is 3.03. The van der Waals surface area contributed by atoms with Crippen LogP contribution in [0.15, 0.2) is 36.0 Å². The van der Waals surface area contributed by atoms with E-state index in [1.54, 1.807) is 0 Å². The smallest absolute Gasteiger partial charge is 0.156 e. The van der Waals surface area contributed by atoms with Crippen molar-refractivity contribution in [3.8, 4) is 0 Å². The van der Waals surface area contributed by atoms with Gasteiger partial charge in [0.25, 0.3) is 0 Å². The molecule has 0 bridgehead atoms. The van der Waals surface area contributed by atoms with Gasteiger partial charge in [-0.15, -0.1) is 0 Å². The van der Waals surface area contributed by atoms with Gasteiger partial charge in [0, 0.05) is 6.42 Å². The van der Waals surface area contributed by atoms with Crippen LogP contribution in [0.2, 0.25) is 0 Å². The van der Waals surface area contributed by atoms with Gasteiger partial charge in [-0.25, -0.2) is 0 Å². The average molecular weight is 395 g/mol. The van der Waals surface area contributed by atoms with E-state index in [2.05, 4.69) is 65.8 Å². The highest BCUT2D eigenvalue weighted by Gasteiger charge is 2.58. The summed E-state index contributed by atoms with van der Waals surface area (Å²) in [5.41, 5.74) is 2.02. The molecule has 0 N–H and O–H groups in total. The van der Waals surface area contributed by atoms with Crippen LogP contribution in [0, 0.1) is 52.3 Å². The third kappa shape index (κ3) is 3.41. The molecule has 4 rings (SSSR count). The summed E-state index contributed by atoms with van der Waals surface area (Å²) < 4.78 is 0. The van der Waals surface area contributed by atoms with E-state index < -0.39 is 0 Å². The van der Waals surface area contributed by atoms with Crippen molar-refractivity contribution in [2.45, 2.75) is 80.1 Å². The Morgan fingerprint density at radius 2 is 1.76 bits per heavy atom. The SMILES string of the molecule is CC(C)[C@@H](C)/C=C/[C@@H](C)[C@H]1CCC2C3C=CC4=CC(=O)CC[C@]4(C)C3CC[C@@]21C. The van der Waals surface area contributed by atoms with Gasteiger partial charge in [0.15, 0.2) is 5.78 Å². The minimum absolute atomic E-state index is 0.227. The summed E-state index contributed by atoms with van der Waals surface area (Å²) in [5, 5.41) is 0. The summed E-state index contributed by atoms with van der Waals surface area (Å²) >= 11 is 0. The van der Waals surface area contributed by atoms with E-state index in [1.807, 2.05) is 6.08 Å². The number of ketones is 1. The fourth-order valence-corrected chi connectivity index (χ4v) is 7.61. The lowest BCUT2D eigenvalue weighted by Crippen LogP contribution is -2.49. The maximum Gasteiger partial charge on any atom is 0.156 e.